The molecule has 2 aromatic carbocycles. The molecule has 5 rings (SSSR count). The van der Waals surface area contributed by atoms with E-state index in [4.69, 9.17) is 12.2 Å². The van der Waals surface area contributed by atoms with Crippen LogP contribution in [0.15, 0.2) is 65.5 Å². The lowest BCUT2D eigenvalue weighted by atomic mass is 9.83. The number of likely N-dealkylation sites (tertiary alicyclic amines) is 1. The van der Waals surface area contributed by atoms with Gasteiger partial charge in [0.25, 0.3) is 5.56 Å². The Morgan fingerprint density at radius 1 is 0.963 bits per heavy atom. The van der Waals surface area contributed by atoms with Gasteiger partial charge in [-0.15, -0.1) is 0 Å². The van der Waals surface area contributed by atoms with Gasteiger partial charge in [-0.05, 0) is 42.1 Å². The van der Waals surface area contributed by atoms with E-state index < -0.39 is 0 Å². The molecule has 27 heavy (non-hydrogen) atoms. The molecular formula is C22H21N3OS. The molecule has 0 saturated carbocycles. The van der Waals surface area contributed by atoms with E-state index in [0.29, 0.717) is 11.8 Å². The van der Waals surface area contributed by atoms with E-state index in [1.165, 1.54) is 10.8 Å². The van der Waals surface area contributed by atoms with Gasteiger partial charge in [0.15, 0.2) is 5.11 Å². The van der Waals surface area contributed by atoms with Crippen LogP contribution in [0.2, 0.25) is 0 Å². The number of nitrogens with zero attached hydrogens (tertiary/aromatic N) is 2. The van der Waals surface area contributed by atoms with Crippen LogP contribution in [0.5, 0.6) is 0 Å². The minimum Gasteiger partial charge on any atom is -0.348 e. The molecule has 1 fully saturated rings. The average molecular weight is 375 g/mol. The van der Waals surface area contributed by atoms with Gasteiger partial charge in [0.1, 0.15) is 0 Å². The number of rotatable bonds is 1. The van der Waals surface area contributed by atoms with Crippen molar-refractivity contribution in [1.82, 2.24) is 9.47 Å². The van der Waals surface area contributed by atoms with Gasteiger partial charge < -0.3 is 14.8 Å². The molecule has 3 heterocycles. The largest absolute Gasteiger partial charge is 0.348 e. The average Bonchev–Trinajstić information content (AvgIpc) is 2.69. The molecule has 136 valence electrons. The maximum Gasteiger partial charge on any atom is 0.250 e. The number of nitrogens with one attached hydrogen (secondary N) is 1. The summed E-state index contributed by atoms with van der Waals surface area (Å²) in [5.41, 5.74) is 2.31. The topological polar surface area (TPSA) is 37.3 Å². The number of piperidine rings is 1. The van der Waals surface area contributed by atoms with Crippen molar-refractivity contribution >= 4 is 33.8 Å². The van der Waals surface area contributed by atoms with Crippen LogP contribution in [-0.2, 0) is 6.54 Å². The summed E-state index contributed by atoms with van der Waals surface area (Å²) in [4.78, 5) is 14.5. The number of pyridine rings is 1. The Morgan fingerprint density at radius 2 is 1.78 bits per heavy atom. The van der Waals surface area contributed by atoms with Gasteiger partial charge in [0, 0.05) is 48.4 Å². The van der Waals surface area contributed by atoms with Crippen molar-refractivity contribution < 1.29 is 0 Å². The highest BCUT2D eigenvalue weighted by atomic mass is 32.1. The van der Waals surface area contributed by atoms with E-state index in [9.17, 15) is 4.79 Å². The summed E-state index contributed by atoms with van der Waals surface area (Å²) in [6.07, 6.45) is 1.14. The highest BCUT2D eigenvalue weighted by Gasteiger charge is 2.35. The summed E-state index contributed by atoms with van der Waals surface area (Å²) in [7, 11) is 0. The third kappa shape index (κ3) is 2.92. The lowest BCUT2D eigenvalue weighted by molar-refractivity contribution is 0.180. The first-order valence-corrected chi connectivity index (χ1v) is 9.83. The molecule has 0 spiro atoms. The van der Waals surface area contributed by atoms with Crippen molar-refractivity contribution in [3.05, 3.63) is 76.7 Å². The van der Waals surface area contributed by atoms with Crippen LogP contribution in [0.4, 0.5) is 5.69 Å². The number of thiocarbonyl (C=S) groups is 1. The summed E-state index contributed by atoms with van der Waals surface area (Å²) in [5, 5.41) is 6.62. The van der Waals surface area contributed by atoms with Crippen molar-refractivity contribution in [2.75, 3.05) is 18.4 Å². The normalized spacial score (nSPS) is 21.0. The van der Waals surface area contributed by atoms with Crippen LogP contribution in [0.3, 0.4) is 0 Å². The van der Waals surface area contributed by atoms with Crippen LogP contribution < -0.4 is 10.9 Å². The first-order chi connectivity index (χ1) is 13.2. The monoisotopic (exact) mass is 375 g/mol. The molecule has 4 nitrogen and oxygen atoms in total. The van der Waals surface area contributed by atoms with Crippen LogP contribution in [0, 0.1) is 5.92 Å². The zero-order chi connectivity index (χ0) is 18.4. The Balaban J connectivity index is 1.40. The maximum atomic E-state index is 12.2. The third-order valence-electron chi connectivity index (χ3n) is 5.80. The van der Waals surface area contributed by atoms with Gasteiger partial charge in [-0.1, -0.05) is 42.5 Å². The predicted molar refractivity (Wildman–Crippen MR) is 113 cm³/mol. The number of benzene rings is 2. The van der Waals surface area contributed by atoms with Crippen molar-refractivity contribution in [3.63, 3.8) is 0 Å². The Kier molecular flexibility index (Phi) is 3.97. The predicted octanol–water partition coefficient (Wildman–Crippen LogP) is 3.82. The first kappa shape index (κ1) is 16.5. The number of anilines is 1. The molecule has 2 aliphatic heterocycles. The Bertz CT molecular complexity index is 1080. The fourth-order valence-electron chi connectivity index (χ4n) is 4.59. The summed E-state index contributed by atoms with van der Waals surface area (Å²) >= 11 is 5.77. The quantitative estimate of drug-likeness (QED) is 0.656. The fourth-order valence-corrected chi connectivity index (χ4v) is 4.85. The molecule has 2 bridgehead atoms. The highest BCUT2D eigenvalue weighted by Crippen LogP contribution is 2.35. The summed E-state index contributed by atoms with van der Waals surface area (Å²) in [5.74, 6) is 0.822. The lowest BCUT2D eigenvalue weighted by Crippen LogP contribution is -2.50. The highest BCUT2D eigenvalue weighted by molar-refractivity contribution is 7.80. The van der Waals surface area contributed by atoms with Gasteiger partial charge >= 0.3 is 0 Å². The third-order valence-corrected chi connectivity index (χ3v) is 6.16. The molecule has 2 aliphatic rings. The van der Waals surface area contributed by atoms with Crippen LogP contribution in [0.1, 0.15) is 18.0 Å². The second-order valence-electron chi connectivity index (χ2n) is 7.56. The summed E-state index contributed by atoms with van der Waals surface area (Å²) < 4.78 is 1.96. The number of hydrogen-bond acceptors (Lipinski definition) is 2. The SMILES string of the molecule is O=c1cccc2n1C[C@H]1C[C@H]2CN(C(=S)Nc2cccc3ccccc23)C1. The zero-order valence-corrected chi connectivity index (χ0v) is 15.8. The van der Waals surface area contributed by atoms with Crippen molar-refractivity contribution in [1.29, 1.82) is 0 Å². The van der Waals surface area contributed by atoms with E-state index in [1.807, 2.05) is 10.6 Å². The second kappa shape index (κ2) is 6.50. The number of aromatic nitrogens is 1. The molecule has 0 radical (unpaired) electrons. The molecule has 0 amide bonds. The van der Waals surface area contributed by atoms with E-state index in [-0.39, 0.29) is 5.56 Å². The van der Waals surface area contributed by atoms with E-state index in [0.717, 1.165) is 42.5 Å². The first-order valence-electron chi connectivity index (χ1n) is 9.42. The van der Waals surface area contributed by atoms with Gasteiger partial charge in [-0.25, -0.2) is 0 Å². The molecule has 1 aromatic heterocycles. The van der Waals surface area contributed by atoms with E-state index in [2.05, 4.69) is 58.7 Å². The Morgan fingerprint density at radius 3 is 2.70 bits per heavy atom. The smallest absolute Gasteiger partial charge is 0.250 e. The summed E-state index contributed by atoms with van der Waals surface area (Å²) in [6, 6.07) is 20.2. The molecule has 5 heteroatoms. The van der Waals surface area contributed by atoms with E-state index in [1.54, 1.807) is 6.07 Å². The molecule has 0 unspecified atom stereocenters. The van der Waals surface area contributed by atoms with E-state index >= 15 is 0 Å². The van der Waals surface area contributed by atoms with Crippen LogP contribution >= 0.6 is 12.2 Å². The minimum atomic E-state index is 0.118. The lowest BCUT2D eigenvalue weighted by Gasteiger charge is -2.43. The van der Waals surface area contributed by atoms with Crippen molar-refractivity contribution in [3.8, 4) is 0 Å². The zero-order valence-electron chi connectivity index (χ0n) is 15.0. The van der Waals surface area contributed by atoms with Crippen LogP contribution in [-0.4, -0.2) is 27.7 Å². The molecule has 2 atom stereocenters. The van der Waals surface area contributed by atoms with Gasteiger partial charge in [0.05, 0.1) is 0 Å². The van der Waals surface area contributed by atoms with Gasteiger partial charge in [-0.3, -0.25) is 4.79 Å². The molecule has 3 aromatic rings. The maximum absolute atomic E-state index is 12.2. The standard InChI is InChI=1S/C22H21N3OS/c26-21-10-4-9-20-17-11-15(13-25(20)21)12-24(14-17)22(27)23-19-8-3-6-16-5-1-2-7-18(16)19/h1-10,15,17H,11-14H2,(H,23,27)/t15-,17-/m0/s1. The Labute approximate surface area is 163 Å². The molecule has 1 N–H and O–H groups in total. The van der Waals surface area contributed by atoms with Crippen LogP contribution in [0.25, 0.3) is 10.8 Å². The van der Waals surface area contributed by atoms with Gasteiger partial charge in [0.2, 0.25) is 0 Å². The minimum absolute atomic E-state index is 0.118. The van der Waals surface area contributed by atoms with Crippen molar-refractivity contribution in [2.45, 2.75) is 18.9 Å². The fraction of sp³-hybridized carbons (Fsp3) is 0.273. The molecule has 0 aliphatic carbocycles. The second-order valence-corrected chi connectivity index (χ2v) is 7.95. The van der Waals surface area contributed by atoms with Gasteiger partial charge in [-0.2, -0.15) is 0 Å². The molecular weight excluding hydrogens is 354 g/mol. The number of hydrogen-bond donors (Lipinski definition) is 1. The van der Waals surface area contributed by atoms with Crippen molar-refractivity contribution in [2.24, 2.45) is 5.92 Å². The number of fused-ring (bicyclic) bond motifs is 5. The molecule has 1 saturated heterocycles. The Hall–Kier alpha value is -2.66. The summed E-state index contributed by atoms with van der Waals surface area (Å²) in [6.45, 7) is 2.54.